The predicted octanol–water partition coefficient (Wildman–Crippen LogP) is 3.53. The van der Waals surface area contributed by atoms with Crippen molar-refractivity contribution in [3.05, 3.63) is 75.3 Å². The Morgan fingerprint density at radius 1 is 1.14 bits per heavy atom. The number of nitriles is 2. The van der Waals surface area contributed by atoms with Crippen LogP contribution in [0.25, 0.3) is 11.6 Å². The Balaban J connectivity index is 2.54. The van der Waals surface area contributed by atoms with E-state index in [0.29, 0.717) is 16.7 Å². The van der Waals surface area contributed by atoms with Gasteiger partial charge in [0, 0.05) is 6.07 Å². The van der Waals surface area contributed by atoms with Gasteiger partial charge in [-0.2, -0.15) is 10.5 Å². The first-order valence-corrected chi connectivity index (χ1v) is 6.01. The molecule has 0 aromatic heterocycles. The van der Waals surface area contributed by atoms with Crippen molar-refractivity contribution in [3.63, 3.8) is 0 Å². The van der Waals surface area contributed by atoms with Crippen LogP contribution >= 0.6 is 0 Å². The normalized spacial score (nSPS) is 10.5. The van der Waals surface area contributed by atoms with Crippen LogP contribution in [0.1, 0.15) is 16.7 Å². The lowest BCUT2D eigenvalue weighted by Gasteiger charge is -2.01. The lowest BCUT2D eigenvalue weighted by atomic mass is 10.0. The molecule has 0 radical (unpaired) electrons. The van der Waals surface area contributed by atoms with Crippen molar-refractivity contribution in [1.29, 1.82) is 10.5 Å². The second-order valence-electron chi connectivity index (χ2n) is 4.18. The molecule has 2 aromatic rings. The number of hydrogen-bond donors (Lipinski definition) is 0. The number of nitro groups is 1. The zero-order valence-corrected chi connectivity index (χ0v) is 10.9. The van der Waals surface area contributed by atoms with Crippen molar-refractivity contribution in [3.8, 4) is 12.1 Å². The molecule has 0 aliphatic carbocycles. The van der Waals surface area contributed by atoms with E-state index in [-0.39, 0.29) is 11.3 Å². The number of allylic oxidation sites excluding steroid dienone is 1. The minimum Gasteiger partial charge on any atom is -0.258 e. The lowest BCUT2D eigenvalue weighted by molar-refractivity contribution is -0.385. The van der Waals surface area contributed by atoms with E-state index >= 15 is 0 Å². The van der Waals surface area contributed by atoms with Crippen LogP contribution in [0, 0.1) is 32.8 Å². The molecule has 2 aromatic carbocycles. The number of rotatable bonds is 3. The van der Waals surface area contributed by atoms with Crippen LogP contribution in [-0.4, -0.2) is 4.92 Å². The van der Waals surface area contributed by atoms with Crippen molar-refractivity contribution >= 4 is 17.3 Å². The van der Waals surface area contributed by atoms with Gasteiger partial charge in [0.05, 0.1) is 33.8 Å². The molecule has 0 saturated carbocycles. The maximum Gasteiger partial charge on any atom is 0.276 e. The third-order valence-electron chi connectivity index (χ3n) is 2.86. The van der Waals surface area contributed by atoms with Gasteiger partial charge < -0.3 is 0 Å². The van der Waals surface area contributed by atoms with Crippen molar-refractivity contribution in [1.82, 2.24) is 0 Å². The largest absolute Gasteiger partial charge is 0.276 e. The molecular weight excluding hydrogens is 266 g/mol. The quantitative estimate of drug-likeness (QED) is 0.371. The van der Waals surface area contributed by atoms with Crippen LogP contribution in [-0.2, 0) is 0 Å². The summed E-state index contributed by atoms with van der Waals surface area (Å²) in [7, 11) is 0. The van der Waals surface area contributed by atoms with Crippen LogP contribution in [0.5, 0.6) is 0 Å². The van der Waals surface area contributed by atoms with E-state index in [0.717, 1.165) is 0 Å². The molecule has 0 heterocycles. The minimum absolute atomic E-state index is 0.0679. The van der Waals surface area contributed by atoms with E-state index in [1.807, 2.05) is 12.1 Å². The molecule has 2 rings (SSSR count). The summed E-state index contributed by atoms with van der Waals surface area (Å²) in [4.78, 5) is 10.5. The molecule has 5 heteroatoms. The molecule has 0 aliphatic rings. The van der Waals surface area contributed by atoms with E-state index in [1.165, 1.54) is 12.1 Å². The molecule has 0 atom stereocenters. The van der Waals surface area contributed by atoms with E-state index < -0.39 is 4.92 Å². The van der Waals surface area contributed by atoms with Gasteiger partial charge in [-0.3, -0.25) is 10.1 Å². The maximum absolute atomic E-state index is 11.0. The fourth-order valence-electron chi connectivity index (χ4n) is 1.87. The van der Waals surface area contributed by atoms with Crippen LogP contribution in [0.15, 0.2) is 48.5 Å². The Kier molecular flexibility index (Phi) is 4.09. The highest BCUT2D eigenvalue weighted by atomic mass is 16.6. The predicted molar refractivity (Wildman–Crippen MR) is 77.7 cm³/mol. The molecule has 0 unspecified atom stereocenters. The molecule has 0 aliphatic heterocycles. The molecule has 0 saturated heterocycles. The summed E-state index contributed by atoms with van der Waals surface area (Å²) in [5.41, 5.74) is 1.52. The smallest absolute Gasteiger partial charge is 0.258 e. The maximum atomic E-state index is 11.0. The van der Waals surface area contributed by atoms with Crippen molar-refractivity contribution < 1.29 is 4.92 Å². The molecule has 21 heavy (non-hydrogen) atoms. The van der Waals surface area contributed by atoms with Gasteiger partial charge >= 0.3 is 0 Å². The Labute approximate surface area is 121 Å². The summed E-state index contributed by atoms with van der Waals surface area (Å²) in [6, 6.07) is 16.7. The zero-order chi connectivity index (χ0) is 15.2. The Hall–Kier alpha value is -3.44. The molecule has 0 spiro atoms. The lowest BCUT2D eigenvalue weighted by Crippen LogP contribution is -1.91. The number of para-hydroxylation sites is 1. The van der Waals surface area contributed by atoms with E-state index in [2.05, 4.69) is 0 Å². The topological polar surface area (TPSA) is 90.7 Å². The van der Waals surface area contributed by atoms with Crippen LogP contribution in [0.2, 0.25) is 0 Å². The molecule has 0 amide bonds. The number of nitro benzene ring substituents is 1. The van der Waals surface area contributed by atoms with Crippen molar-refractivity contribution in [2.24, 2.45) is 0 Å². The average Bonchev–Trinajstić information content (AvgIpc) is 2.52. The fraction of sp³-hybridized carbons (Fsp3) is 0. The van der Waals surface area contributed by atoms with Gasteiger partial charge in [0.15, 0.2) is 0 Å². The molecular formula is C16H9N3O2. The standard InChI is InChI=1S/C16H9N3O2/c17-10-12-4-3-6-13(8-12)15(11-18)9-14-5-1-2-7-16(14)19(20)21/h1-9H/b15-9-. The van der Waals surface area contributed by atoms with Gasteiger partial charge in [0.1, 0.15) is 0 Å². The Morgan fingerprint density at radius 2 is 1.90 bits per heavy atom. The SMILES string of the molecule is N#C/C(=C/c1ccccc1[N+](=O)[O-])c1cccc(C#N)c1. The third kappa shape index (κ3) is 3.12. The molecule has 0 fully saturated rings. The molecule has 0 N–H and O–H groups in total. The van der Waals surface area contributed by atoms with Crippen LogP contribution in [0.4, 0.5) is 5.69 Å². The van der Waals surface area contributed by atoms with Crippen molar-refractivity contribution in [2.45, 2.75) is 0 Å². The van der Waals surface area contributed by atoms with Gasteiger partial charge in [-0.15, -0.1) is 0 Å². The average molecular weight is 275 g/mol. The Bertz CT molecular complexity index is 811. The highest BCUT2D eigenvalue weighted by Gasteiger charge is 2.12. The second-order valence-corrected chi connectivity index (χ2v) is 4.18. The summed E-state index contributed by atoms with van der Waals surface area (Å²) in [5, 5.41) is 29.1. The monoisotopic (exact) mass is 275 g/mol. The van der Waals surface area contributed by atoms with Gasteiger partial charge in [-0.25, -0.2) is 0 Å². The van der Waals surface area contributed by atoms with Gasteiger partial charge in [-0.1, -0.05) is 24.3 Å². The van der Waals surface area contributed by atoms with Gasteiger partial charge in [0.25, 0.3) is 5.69 Å². The Morgan fingerprint density at radius 3 is 2.57 bits per heavy atom. The highest BCUT2D eigenvalue weighted by molar-refractivity contribution is 5.91. The summed E-state index contributed by atoms with van der Waals surface area (Å²) in [6.07, 6.45) is 1.45. The second kappa shape index (κ2) is 6.14. The zero-order valence-electron chi connectivity index (χ0n) is 10.9. The first-order chi connectivity index (χ1) is 10.2. The van der Waals surface area contributed by atoms with E-state index in [4.69, 9.17) is 5.26 Å². The third-order valence-corrected chi connectivity index (χ3v) is 2.86. The first kappa shape index (κ1) is 14.0. The summed E-state index contributed by atoms with van der Waals surface area (Å²) >= 11 is 0. The van der Waals surface area contributed by atoms with Gasteiger partial charge in [-0.05, 0) is 29.8 Å². The van der Waals surface area contributed by atoms with Crippen LogP contribution in [0.3, 0.4) is 0 Å². The first-order valence-electron chi connectivity index (χ1n) is 6.01. The molecule has 0 bridgehead atoms. The van der Waals surface area contributed by atoms with Gasteiger partial charge in [0.2, 0.25) is 0 Å². The molecule has 5 nitrogen and oxygen atoms in total. The van der Waals surface area contributed by atoms with Crippen molar-refractivity contribution in [2.75, 3.05) is 0 Å². The van der Waals surface area contributed by atoms with E-state index in [1.54, 1.807) is 42.5 Å². The highest BCUT2D eigenvalue weighted by Crippen LogP contribution is 2.24. The summed E-state index contributed by atoms with van der Waals surface area (Å²) in [6.45, 7) is 0. The summed E-state index contributed by atoms with van der Waals surface area (Å²) in [5.74, 6) is 0. The van der Waals surface area contributed by atoms with Crippen LogP contribution < -0.4 is 0 Å². The van der Waals surface area contributed by atoms with E-state index in [9.17, 15) is 15.4 Å². The summed E-state index contributed by atoms with van der Waals surface area (Å²) < 4.78 is 0. The number of hydrogen-bond acceptors (Lipinski definition) is 4. The number of nitrogens with zero attached hydrogens (tertiary/aromatic N) is 3. The fourth-order valence-corrected chi connectivity index (χ4v) is 1.87. The number of benzene rings is 2. The molecule has 100 valence electrons. The minimum atomic E-state index is -0.494.